The topological polar surface area (TPSA) is 75.7 Å². The molecule has 1 aliphatic heterocycles. The number of aryl methyl sites for hydroxylation is 2. The molecular formula is C20H24N2O4S. The number of rotatable bonds is 2. The van der Waals surface area contributed by atoms with E-state index in [0.717, 1.165) is 34.3 Å². The molecule has 0 radical (unpaired) electrons. The molecule has 27 heavy (non-hydrogen) atoms. The van der Waals surface area contributed by atoms with Crippen molar-refractivity contribution in [2.24, 2.45) is 0 Å². The molecule has 0 atom stereocenters. The maximum Gasteiger partial charge on any atom is 0.322 e. The van der Waals surface area contributed by atoms with Crippen LogP contribution in [0, 0.1) is 20.8 Å². The van der Waals surface area contributed by atoms with E-state index in [0.29, 0.717) is 25.4 Å². The first kappa shape index (κ1) is 19.2. The van der Waals surface area contributed by atoms with Crippen LogP contribution in [0.4, 0.5) is 10.5 Å². The number of carbonyl (C=O) groups excluding carboxylic acids is 1. The van der Waals surface area contributed by atoms with Gasteiger partial charge in [-0.1, -0.05) is 17.7 Å². The SMILES string of the molecule is Cc1ccc2c(c1)CN(C(=O)Nc1cc(S(C)(=O)=O)cc(C)c1C)CCO2. The van der Waals surface area contributed by atoms with E-state index in [1.54, 1.807) is 11.0 Å². The van der Waals surface area contributed by atoms with Crippen LogP contribution < -0.4 is 10.1 Å². The second-order valence-electron chi connectivity index (χ2n) is 7.00. The van der Waals surface area contributed by atoms with Gasteiger partial charge in [-0.05, 0) is 50.1 Å². The summed E-state index contributed by atoms with van der Waals surface area (Å²) in [5.41, 5.74) is 4.23. The lowest BCUT2D eigenvalue weighted by molar-refractivity contribution is 0.200. The standard InChI is InChI=1S/C20H24N2O4S/c1-13-5-6-19-16(9-13)12-22(7-8-26-19)20(23)21-18-11-17(27(4,24)25)10-14(2)15(18)3/h5-6,9-11H,7-8,12H2,1-4H3,(H,21,23). The molecule has 0 saturated carbocycles. The minimum Gasteiger partial charge on any atom is -0.491 e. The molecule has 0 spiro atoms. The first-order chi connectivity index (χ1) is 12.6. The Hall–Kier alpha value is -2.54. The summed E-state index contributed by atoms with van der Waals surface area (Å²) in [6, 6.07) is 8.79. The summed E-state index contributed by atoms with van der Waals surface area (Å²) in [5.74, 6) is 0.794. The maximum absolute atomic E-state index is 12.8. The van der Waals surface area contributed by atoms with E-state index in [2.05, 4.69) is 5.32 Å². The Labute approximate surface area is 160 Å². The van der Waals surface area contributed by atoms with E-state index >= 15 is 0 Å². The van der Waals surface area contributed by atoms with Crippen molar-refractivity contribution in [3.63, 3.8) is 0 Å². The quantitative estimate of drug-likeness (QED) is 0.855. The van der Waals surface area contributed by atoms with E-state index in [9.17, 15) is 13.2 Å². The highest BCUT2D eigenvalue weighted by Crippen LogP contribution is 2.27. The summed E-state index contributed by atoms with van der Waals surface area (Å²) in [6.07, 6.45) is 1.16. The minimum atomic E-state index is -3.36. The summed E-state index contributed by atoms with van der Waals surface area (Å²) in [4.78, 5) is 14.7. The van der Waals surface area contributed by atoms with Crippen molar-refractivity contribution < 1.29 is 17.9 Å². The largest absolute Gasteiger partial charge is 0.491 e. The number of urea groups is 1. The Morgan fingerprint density at radius 3 is 2.59 bits per heavy atom. The van der Waals surface area contributed by atoms with Crippen molar-refractivity contribution in [3.05, 3.63) is 52.6 Å². The van der Waals surface area contributed by atoms with Crippen LogP contribution in [-0.2, 0) is 16.4 Å². The molecule has 3 rings (SSSR count). The predicted octanol–water partition coefficient (Wildman–Crippen LogP) is 3.44. The number of carbonyl (C=O) groups is 1. The summed E-state index contributed by atoms with van der Waals surface area (Å²) < 4.78 is 29.6. The third kappa shape index (κ3) is 4.24. The molecule has 1 aliphatic rings. The smallest absolute Gasteiger partial charge is 0.322 e. The monoisotopic (exact) mass is 388 g/mol. The van der Waals surface area contributed by atoms with Gasteiger partial charge in [0.05, 0.1) is 18.0 Å². The van der Waals surface area contributed by atoms with Gasteiger partial charge in [0.25, 0.3) is 0 Å². The highest BCUT2D eigenvalue weighted by Gasteiger charge is 2.21. The zero-order valence-corrected chi connectivity index (χ0v) is 16.8. The lowest BCUT2D eigenvalue weighted by atomic mass is 10.1. The zero-order chi connectivity index (χ0) is 19.8. The molecule has 2 amide bonds. The number of hydrogen-bond donors (Lipinski definition) is 1. The van der Waals surface area contributed by atoms with E-state index in [1.807, 2.05) is 39.0 Å². The summed E-state index contributed by atoms with van der Waals surface area (Å²) in [7, 11) is -3.36. The molecule has 0 aliphatic carbocycles. The number of ether oxygens (including phenoxy) is 1. The van der Waals surface area contributed by atoms with Crippen LogP contribution in [0.2, 0.25) is 0 Å². The van der Waals surface area contributed by atoms with E-state index in [4.69, 9.17) is 4.74 Å². The molecule has 0 saturated heterocycles. The first-order valence-corrected chi connectivity index (χ1v) is 10.6. The Bertz CT molecular complexity index is 999. The normalized spacial score (nSPS) is 14.1. The van der Waals surface area contributed by atoms with Gasteiger partial charge in [0, 0.05) is 17.5 Å². The van der Waals surface area contributed by atoms with Gasteiger partial charge >= 0.3 is 6.03 Å². The predicted molar refractivity (Wildman–Crippen MR) is 105 cm³/mol. The Morgan fingerprint density at radius 2 is 1.89 bits per heavy atom. The number of hydrogen-bond acceptors (Lipinski definition) is 4. The van der Waals surface area contributed by atoms with E-state index in [-0.39, 0.29) is 10.9 Å². The highest BCUT2D eigenvalue weighted by atomic mass is 32.2. The zero-order valence-electron chi connectivity index (χ0n) is 16.0. The molecular weight excluding hydrogens is 364 g/mol. The van der Waals surface area contributed by atoms with Gasteiger partial charge in [0.1, 0.15) is 12.4 Å². The molecule has 2 aromatic rings. The molecule has 0 aromatic heterocycles. The number of nitrogens with one attached hydrogen (secondary N) is 1. The molecule has 1 N–H and O–H groups in total. The number of benzene rings is 2. The molecule has 2 aromatic carbocycles. The van der Waals surface area contributed by atoms with Gasteiger partial charge in [0.15, 0.2) is 9.84 Å². The second kappa shape index (κ2) is 7.23. The number of amides is 2. The molecule has 0 bridgehead atoms. The number of nitrogens with zero attached hydrogens (tertiary/aromatic N) is 1. The first-order valence-electron chi connectivity index (χ1n) is 8.74. The third-order valence-electron chi connectivity index (χ3n) is 4.79. The highest BCUT2D eigenvalue weighted by molar-refractivity contribution is 7.90. The van der Waals surface area contributed by atoms with Crippen LogP contribution in [0.25, 0.3) is 0 Å². The fraction of sp³-hybridized carbons (Fsp3) is 0.350. The van der Waals surface area contributed by atoms with Crippen LogP contribution in [0.3, 0.4) is 0 Å². The van der Waals surface area contributed by atoms with Crippen molar-refractivity contribution >= 4 is 21.6 Å². The molecule has 1 heterocycles. The van der Waals surface area contributed by atoms with Crippen molar-refractivity contribution in [2.45, 2.75) is 32.2 Å². The summed E-state index contributed by atoms with van der Waals surface area (Å²) in [5, 5.41) is 2.87. The van der Waals surface area contributed by atoms with Gasteiger partial charge in [-0.2, -0.15) is 0 Å². The van der Waals surface area contributed by atoms with Crippen LogP contribution in [-0.4, -0.2) is 38.8 Å². The minimum absolute atomic E-state index is 0.195. The van der Waals surface area contributed by atoms with Gasteiger partial charge in [-0.15, -0.1) is 0 Å². The van der Waals surface area contributed by atoms with Gasteiger partial charge in [0.2, 0.25) is 0 Å². The lowest BCUT2D eigenvalue weighted by Crippen LogP contribution is -2.36. The third-order valence-corrected chi connectivity index (χ3v) is 5.89. The Balaban J connectivity index is 1.86. The molecule has 144 valence electrons. The van der Waals surface area contributed by atoms with Gasteiger partial charge < -0.3 is 15.0 Å². The van der Waals surface area contributed by atoms with Crippen LogP contribution >= 0.6 is 0 Å². The van der Waals surface area contributed by atoms with E-state index in [1.165, 1.54) is 6.07 Å². The average Bonchev–Trinajstić information content (AvgIpc) is 2.79. The van der Waals surface area contributed by atoms with Crippen molar-refractivity contribution in [3.8, 4) is 5.75 Å². The van der Waals surface area contributed by atoms with E-state index < -0.39 is 9.84 Å². The van der Waals surface area contributed by atoms with Gasteiger partial charge in [-0.25, -0.2) is 13.2 Å². The van der Waals surface area contributed by atoms with Crippen LogP contribution in [0.5, 0.6) is 5.75 Å². The number of fused-ring (bicyclic) bond motifs is 1. The molecule has 6 nitrogen and oxygen atoms in total. The van der Waals surface area contributed by atoms with Crippen molar-refractivity contribution in [2.75, 3.05) is 24.7 Å². The maximum atomic E-state index is 12.8. The number of anilines is 1. The molecule has 0 fully saturated rings. The Kier molecular flexibility index (Phi) is 5.15. The average molecular weight is 388 g/mol. The second-order valence-corrected chi connectivity index (χ2v) is 9.01. The van der Waals surface area contributed by atoms with Crippen LogP contribution in [0.1, 0.15) is 22.3 Å². The van der Waals surface area contributed by atoms with Crippen molar-refractivity contribution in [1.82, 2.24) is 4.90 Å². The lowest BCUT2D eigenvalue weighted by Gasteiger charge is -2.22. The van der Waals surface area contributed by atoms with Gasteiger partial charge in [-0.3, -0.25) is 0 Å². The summed E-state index contributed by atoms with van der Waals surface area (Å²) in [6.45, 7) is 6.99. The summed E-state index contributed by atoms with van der Waals surface area (Å²) >= 11 is 0. The number of sulfone groups is 1. The Morgan fingerprint density at radius 1 is 1.15 bits per heavy atom. The van der Waals surface area contributed by atoms with Crippen LogP contribution in [0.15, 0.2) is 35.2 Å². The molecule has 0 unspecified atom stereocenters. The fourth-order valence-electron chi connectivity index (χ4n) is 3.06. The van der Waals surface area contributed by atoms with Crippen molar-refractivity contribution in [1.29, 1.82) is 0 Å². The fourth-order valence-corrected chi connectivity index (χ4v) is 3.78. The molecule has 7 heteroatoms.